The molecule has 2 aromatic carbocycles. The third-order valence-corrected chi connectivity index (χ3v) is 6.01. The number of amides is 1. The van der Waals surface area contributed by atoms with Gasteiger partial charge < -0.3 is 19.3 Å². The Balaban J connectivity index is 1.65. The van der Waals surface area contributed by atoms with Crippen molar-refractivity contribution in [1.29, 1.82) is 0 Å². The summed E-state index contributed by atoms with van der Waals surface area (Å²) < 4.78 is 11.9. The van der Waals surface area contributed by atoms with Crippen LogP contribution in [0.1, 0.15) is 16.8 Å². The predicted octanol–water partition coefficient (Wildman–Crippen LogP) is 3.69. The fourth-order valence-electron chi connectivity index (χ4n) is 3.31. The third kappa shape index (κ3) is 4.20. The molecule has 0 spiro atoms. The van der Waals surface area contributed by atoms with Gasteiger partial charge in [-0.25, -0.2) is 4.98 Å². The normalized spacial score (nSPS) is 12.6. The highest BCUT2D eigenvalue weighted by atomic mass is 32.1. The van der Waals surface area contributed by atoms with Crippen LogP contribution in [-0.4, -0.2) is 63.9 Å². The Morgan fingerprint density at radius 1 is 1.03 bits per heavy atom. The summed E-state index contributed by atoms with van der Waals surface area (Å²) in [5.41, 5.74) is 2.52. The molecule has 0 atom stereocenters. The molecule has 1 aliphatic heterocycles. The van der Waals surface area contributed by atoms with E-state index in [-0.39, 0.29) is 12.7 Å². The van der Waals surface area contributed by atoms with Crippen molar-refractivity contribution < 1.29 is 14.3 Å². The lowest BCUT2D eigenvalue weighted by Gasteiger charge is -2.21. The van der Waals surface area contributed by atoms with Crippen molar-refractivity contribution in [2.24, 2.45) is 0 Å². The highest BCUT2D eigenvalue weighted by Crippen LogP contribution is 2.40. The first-order chi connectivity index (χ1) is 14.4. The van der Waals surface area contributed by atoms with Crippen LogP contribution in [0.2, 0.25) is 0 Å². The number of ether oxygens (including phenoxy) is 2. The van der Waals surface area contributed by atoms with E-state index in [9.17, 15) is 4.79 Å². The first kappa shape index (κ1) is 20.4. The van der Waals surface area contributed by atoms with Crippen molar-refractivity contribution in [3.05, 3.63) is 42.0 Å². The van der Waals surface area contributed by atoms with Crippen molar-refractivity contribution >= 4 is 38.3 Å². The summed E-state index contributed by atoms with van der Waals surface area (Å²) in [5, 5.41) is 0.689. The SMILES string of the molecule is CN(C)CCCN(C(=O)c1ccc(N(C)C)cc1)c1nc2cc3c(cc2s1)OCO3. The molecule has 0 saturated heterocycles. The van der Waals surface area contributed by atoms with Crippen molar-refractivity contribution in [2.75, 3.05) is 57.9 Å². The topological polar surface area (TPSA) is 58.1 Å². The minimum atomic E-state index is -0.0434. The Labute approximate surface area is 180 Å². The molecule has 1 aromatic heterocycles. The van der Waals surface area contributed by atoms with E-state index in [1.54, 1.807) is 4.90 Å². The second kappa shape index (κ2) is 8.49. The highest BCUT2D eigenvalue weighted by molar-refractivity contribution is 7.22. The monoisotopic (exact) mass is 426 g/mol. The molecule has 2 heterocycles. The van der Waals surface area contributed by atoms with Gasteiger partial charge in [0.15, 0.2) is 16.6 Å². The van der Waals surface area contributed by atoms with Gasteiger partial charge in [0, 0.05) is 44.0 Å². The van der Waals surface area contributed by atoms with Crippen LogP contribution >= 0.6 is 11.3 Å². The van der Waals surface area contributed by atoms with Crippen LogP contribution in [0.25, 0.3) is 10.2 Å². The van der Waals surface area contributed by atoms with E-state index >= 15 is 0 Å². The van der Waals surface area contributed by atoms with Crippen LogP contribution < -0.4 is 19.3 Å². The number of aromatic nitrogens is 1. The molecule has 0 radical (unpaired) electrons. The summed E-state index contributed by atoms with van der Waals surface area (Å²) in [6.07, 6.45) is 0.854. The van der Waals surface area contributed by atoms with E-state index < -0.39 is 0 Å². The van der Waals surface area contributed by atoms with E-state index in [4.69, 9.17) is 14.5 Å². The zero-order valence-electron chi connectivity index (χ0n) is 17.7. The molecule has 0 fully saturated rings. The Hall–Kier alpha value is -2.84. The lowest BCUT2D eigenvalue weighted by Crippen LogP contribution is -2.33. The quantitative estimate of drug-likeness (QED) is 0.574. The van der Waals surface area contributed by atoms with Crippen LogP contribution in [-0.2, 0) is 0 Å². The molecule has 0 unspecified atom stereocenters. The Kier molecular flexibility index (Phi) is 5.78. The van der Waals surface area contributed by atoms with Crippen LogP contribution in [0.4, 0.5) is 10.8 Å². The molecule has 0 saturated carbocycles. The maximum Gasteiger partial charge on any atom is 0.260 e. The number of hydrogen-bond acceptors (Lipinski definition) is 7. The number of thiazole rings is 1. The molecule has 8 heteroatoms. The Morgan fingerprint density at radius 2 is 1.73 bits per heavy atom. The summed E-state index contributed by atoms with van der Waals surface area (Å²) in [4.78, 5) is 24.1. The average Bonchev–Trinajstić information content (AvgIpc) is 3.34. The van der Waals surface area contributed by atoms with Gasteiger partial charge in [-0.05, 0) is 51.3 Å². The second-order valence-electron chi connectivity index (χ2n) is 7.72. The maximum atomic E-state index is 13.4. The lowest BCUT2D eigenvalue weighted by atomic mass is 10.1. The van der Waals surface area contributed by atoms with Gasteiger partial charge in [-0.2, -0.15) is 0 Å². The van der Waals surface area contributed by atoms with Crippen molar-refractivity contribution in [1.82, 2.24) is 9.88 Å². The van der Waals surface area contributed by atoms with Gasteiger partial charge >= 0.3 is 0 Å². The van der Waals surface area contributed by atoms with E-state index in [0.29, 0.717) is 23.0 Å². The Bertz CT molecular complexity index is 1010. The molecule has 7 nitrogen and oxygen atoms in total. The van der Waals surface area contributed by atoms with E-state index in [0.717, 1.165) is 34.6 Å². The first-order valence-electron chi connectivity index (χ1n) is 9.86. The van der Waals surface area contributed by atoms with Crippen LogP contribution in [0.15, 0.2) is 36.4 Å². The smallest absolute Gasteiger partial charge is 0.260 e. The number of benzene rings is 2. The van der Waals surface area contributed by atoms with Crippen molar-refractivity contribution in [3.8, 4) is 11.5 Å². The predicted molar refractivity (Wildman–Crippen MR) is 121 cm³/mol. The zero-order chi connectivity index (χ0) is 21.3. The minimum absolute atomic E-state index is 0.0434. The molecular weight excluding hydrogens is 400 g/mol. The van der Waals surface area contributed by atoms with Crippen molar-refractivity contribution in [3.63, 3.8) is 0 Å². The van der Waals surface area contributed by atoms with Gasteiger partial charge in [0.2, 0.25) is 6.79 Å². The minimum Gasteiger partial charge on any atom is -0.454 e. The summed E-state index contributed by atoms with van der Waals surface area (Å²) in [5.74, 6) is 1.38. The molecule has 0 N–H and O–H groups in total. The largest absolute Gasteiger partial charge is 0.454 e. The molecule has 1 aliphatic rings. The fourth-order valence-corrected chi connectivity index (χ4v) is 4.31. The van der Waals surface area contributed by atoms with Crippen LogP contribution in [0.5, 0.6) is 11.5 Å². The van der Waals surface area contributed by atoms with Gasteiger partial charge in [-0.1, -0.05) is 11.3 Å². The number of anilines is 2. The van der Waals surface area contributed by atoms with Gasteiger partial charge in [0.1, 0.15) is 0 Å². The number of hydrogen-bond donors (Lipinski definition) is 0. The molecular formula is C22H26N4O3S. The van der Waals surface area contributed by atoms with Crippen LogP contribution in [0.3, 0.4) is 0 Å². The third-order valence-electron chi connectivity index (χ3n) is 4.97. The van der Waals surface area contributed by atoms with Crippen LogP contribution in [0, 0.1) is 0 Å². The lowest BCUT2D eigenvalue weighted by molar-refractivity contribution is 0.0986. The molecule has 30 heavy (non-hydrogen) atoms. The standard InChI is InChI=1S/C22H26N4O3S/c1-24(2)10-5-11-26(21(27)15-6-8-16(9-7-15)25(3)4)22-23-17-12-18-19(29-14-28-18)13-20(17)30-22/h6-9,12-13H,5,10-11,14H2,1-4H3. The van der Waals surface area contributed by atoms with Gasteiger partial charge in [-0.3, -0.25) is 9.69 Å². The molecule has 3 aromatic rings. The summed E-state index contributed by atoms with van der Waals surface area (Å²) >= 11 is 1.50. The number of nitrogens with zero attached hydrogens (tertiary/aromatic N) is 4. The number of fused-ring (bicyclic) bond motifs is 2. The number of rotatable bonds is 7. The van der Waals surface area contributed by atoms with E-state index in [1.165, 1.54) is 11.3 Å². The summed E-state index contributed by atoms with van der Waals surface area (Å²) in [7, 11) is 8.03. The molecule has 1 amide bonds. The summed E-state index contributed by atoms with van der Waals surface area (Å²) in [6.45, 7) is 1.72. The molecule has 4 rings (SSSR count). The van der Waals surface area contributed by atoms with Crippen molar-refractivity contribution in [2.45, 2.75) is 6.42 Å². The zero-order valence-corrected chi connectivity index (χ0v) is 18.5. The van der Waals surface area contributed by atoms with Gasteiger partial charge in [-0.15, -0.1) is 0 Å². The van der Waals surface area contributed by atoms with Gasteiger partial charge in [0.25, 0.3) is 5.91 Å². The number of carbonyl (C=O) groups excluding carboxylic acids is 1. The second-order valence-corrected chi connectivity index (χ2v) is 8.73. The fraction of sp³-hybridized carbons (Fsp3) is 0.364. The Morgan fingerprint density at radius 3 is 2.40 bits per heavy atom. The molecule has 158 valence electrons. The average molecular weight is 427 g/mol. The summed E-state index contributed by atoms with van der Waals surface area (Å²) in [6, 6.07) is 11.5. The number of carbonyl (C=O) groups is 1. The first-order valence-corrected chi connectivity index (χ1v) is 10.7. The maximum absolute atomic E-state index is 13.4. The van der Waals surface area contributed by atoms with Gasteiger partial charge in [0.05, 0.1) is 10.2 Å². The molecule has 0 aliphatic carbocycles. The molecule has 0 bridgehead atoms. The van der Waals surface area contributed by atoms with E-state index in [1.807, 2.05) is 69.5 Å². The highest BCUT2D eigenvalue weighted by Gasteiger charge is 2.23. The van der Waals surface area contributed by atoms with E-state index in [2.05, 4.69) is 4.90 Å².